The Hall–Kier alpha value is -1.95. The average Bonchev–Trinajstić information content (AvgIpc) is 2.59. The highest BCUT2D eigenvalue weighted by atomic mass is 16.6. The minimum atomic E-state index is -0.459. The summed E-state index contributed by atoms with van der Waals surface area (Å²) in [7, 11) is 0. The van der Waals surface area contributed by atoms with Crippen molar-refractivity contribution in [2.75, 3.05) is 11.9 Å². The largest absolute Gasteiger partial charge is 0.336 e. The monoisotopic (exact) mass is 358 g/mol. The van der Waals surface area contributed by atoms with Crippen LogP contribution in [0.4, 0.5) is 11.4 Å². The van der Waals surface area contributed by atoms with E-state index in [9.17, 15) is 14.9 Å². The van der Waals surface area contributed by atoms with Gasteiger partial charge in [-0.15, -0.1) is 0 Å². The zero-order valence-corrected chi connectivity index (χ0v) is 15.3. The lowest BCUT2D eigenvalue weighted by molar-refractivity contribution is -0.686. The SMILES string of the molecule is C[C@H]([NH2+]CC12CC3CC(CC(C3)C1)C2)C(=O)Nc1ccccc1[N+](=O)[O-]. The third-order valence-corrected chi connectivity index (χ3v) is 6.84. The Balaban J connectivity index is 1.36. The molecule has 4 aliphatic rings. The van der Waals surface area contributed by atoms with Crippen LogP contribution >= 0.6 is 0 Å². The summed E-state index contributed by atoms with van der Waals surface area (Å²) in [6.45, 7) is 2.90. The molecular formula is C20H28N3O3+. The zero-order chi connectivity index (χ0) is 18.3. The first-order valence-corrected chi connectivity index (χ1v) is 9.82. The molecule has 0 heterocycles. The summed E-state index contributed by atoms with van der Waals surface area (Å²) >= 11 is 0. The van der Waals surface area contributed by atoms with Gasteiger partial charge in [0, 0.05) is 11.5 Å². The van der Waals surface area contributed by atoms with Gasteiger partial charge in [-0.25, -0.2) is 0 Å². The molecule has 140 valence electrons. The molecule has 0 saturated heterocycles. The molecule has 4 saturated carbocycles. The number of nitrogens with zero attached hydrogens (tertiary/aromatic N) is 1. The van der Waals surface area contributed by atoms with Crippen LogP contribution in [0.25, 0.3) is 0 Å². The van der Waals surface area contributed by atoms with E-state index < -0.39 is 4.92 Å². The van der Waals surface area contributed by atoms with Gasteiger partial charge in [-0.05, 0) is 69.3 Å². The van der Waals surface area contributed by atoms with Crippen molar-refractivity contribution in [3.63, 3.8) is 0 Å². The molecule has 0 aliphatic heterocycles. The van der Waals surface area contributed by atoms with E-state index in [0.29, 0.717) is 5.41 Å². The Morgan fingerprint density at radius 3 is 2.38 bits per heavy atom. The Bertz CT molecular complexity index is 683. The normalized spacial score (nSPS) is 33.0. The number of benzene rings is 1. The molecule has 0 spiro atoms. The van der Waals surface area contributed by atoms with Crippen molar-refractivity contribution >= 4 is 17.3 Å². The van der Waals surface area contributed by atoms with E-state index >= 15 is 0 Å². The third kappa shape index (κ3) is 3.34. The van der Waals surface area contributed by atoms with E-state index in [1.165, 1.54) is 44.6 Å². The molecular weight excluding hydrogens is 330 g/mol. The molecule has 4 aliphatic carbocycles. The molecule has 1 aromatic rings. The van der Waals surface area contributed by atoms with E-state index in [-0.39, 0.29) is 23.3 Å². The van der Waals surface area contributed by atoms with Crippen LogP contribution < -0.4 is 10.6 Å². The molecule has 0 aromatic heterocycles. The Morgan fingerprint density at radius 1 is 1.23 bits per heavy atom. The van der Waals surface area contributed by atoms with Crippen LogP contribution in [-0.2, 0) is 4.79 Å². The zero-order valence-electron chi connectivity index (χ0n) is 15.3. The Morgan fingerprint density at radius 2 is 1.81 bits per heavy atom. The first-order chi connectivity index (χ1) is 12.4. The predicted octanol–water partition coefficient (Wildman–Crippen LogP) is 2.70. The molecule has 0 unspecified atom stereocenters. The summed E-state index contributed by atoms with van der Waals surface area (Å²) in [5.74, 6) is 2.56. The molecule has 1 aromatic carbocycles. The lowest BCUT2D eigenvalue weighted by Crippen LogP contribution is -2.94. The molecule has 5 rings (SSSR count). The topological polar surface area (TPSA) is 88.8 Å². The molecule has 6 heteroatoms. The van der Waals surface area contributed by atoms with E-state index in [0.717, 1.165) is 24.3 Å². The van der Waals surface area contributed by atoms with Crippen molar-refractivity contribution in [1.29, 1.82) is 0 Å². The molecule has 4 fully saturated rings. The minimum Gasteiger partial charge on any atom is -0.336 e. The highest BCUT2D eigenvalue weighted by molar-refractivity contribution is 5.95. The molecule has 1 amide bonds. The van der Waals surface area contributed by atoms with Crippen LogP contribution in [0.1, 0.15) is 45.4 Å². The number of carbonyl (C=O) groups is 1. The number of amides is 1. The summed E-state index contributed by atoms with van der Waals surface area (Å²) in [4.78, 5) is 23.2. The third-order valence-electron chi connectivity index (χ3n) is 6.84. The molecule has 6 nitrogen and oxygen atoms in total. The summed E-state index contributed by atoms with van der Waals surface area (Å²) in [5, 5.41) is 16.0. The Kier molecular flexibility index (Phi) is 4.47. The second-order valence-electron chi connectivity index (χ2n) is 8.91. The van der Waals surface area contributed by atoms with E-state index in [1.807, 2.05) is 6.92 Å². The number of hydrogen-bond acceptors (Lipinski definition) is 3. The van der Waals surface area contributed by atoms with E-state index in [1.54, 1.807) is 18.2 Å². The van der Waals surface area contributed by atoms with Crippen LogP contribution in [0.15, 0.2) is 24.3 Å². The summed E-state index contributed by atoms with van der Waals surface area (Å²) in [6.07, 6.45) is 8.25. The van der Waals surface area contributed by atoms with Crippen LogP contribution in [0.2, 0.25) is 0 Å². The van der Waals surface area contributed by atoms with Crippen molar-refractivity contribution in [1.82, 2.24) is 0 Å². The quantitative estimate of drug-likeness (QED) is 0.605. The van der Waals surface area contributed by atoms with Crippen molar-refractivity contribution in [3.8, 4) is 0 Å². The van der Waals surface area contributed by atoms with Crippen LogP contribution in [0.5, 0.6) is 0 Å². The summed E-state index contributed by atoms with van der Waals surface area (Å²) in [6, 6.07) is 6.06. The first-order valence-electron chi connectivity index (χ1n) is 9.82. The highest BCUT2D eigenvalue weighted by Crippen LogP contribution is 2.59. The van der Waals surface area contributed by atoms with Crippen molar-refractivity contribution in [2.24, 2.45) is 23.2 Å². The first kappa shape index (κ1) is 17.5. The number of hydrogen-bond donors (Lipinski definition) is 2. The number of carbonyl (C=O) groups excluding carboxylic acids is 1. The maximum absolute atomic E-state index is 12.5. The maximum Gasteiger partial charge on any atom is 0.292 e. The van der Waals surface area contributed by atoms with Gasteiger partial charge >= 0.3 is 0 Å². The van der Waals surface area contributed by atoms with Gasteiger partial charge in [0.2, 0.25) is 0 Å². The van der Waals surface area contributed by atoms with Crippen molar-refractivity contribution in [2.45, 2.75) is 51.5 Å². The van der Waals surface area contributed by atoms with Gasteiger partial charge < -0.3 is 10.6 Å². The number of nitrogens with one attached hydrogen (secondary N) is 1. The number of anilines is 1. The fraction of sp³-hybridized carbons (Fsp3) is 0.650. The van der Waals surface area contributed by atoms with Crippen molar-refractivity contribution < 1.29 is 15.0 Å². The molecule has 0 radical (unpaired) electrons. The van der Waals surface area contributed by atoms with Gasteiger partial charge in [-0.1, -0.05) is 12.1 Å². The van der Waals surface area contributed by atoms with Crippen molar-refractivity contribution in [3.05, 3.63) is 34.4 Å². The second kappa shape index (κ2) is 6.65. The molecule has 26 heavy (non-hydrogen) atoms. The fourth-order valence-electron chi connectivity index (χ4n) is 6.06. The van der Waals surface area contributed by atoms with Gasteiger partial charge in [-0.3, -0.25) is 14.9 Å². The lowest BCUT2D eigenvalue weighted by Gasteiger charge is -2.56. The summed E-state index contributed by atoms with van der Waals surface area (Å²) in [5.41, 5.74) is 0.633. The molecule has 4 bridgehead atoms. The lowest BCUT2D eigenvalue weighted by atomic mass is 9.49. The number of nitro benzene ring substituents is 1. The highest BCUT2D eigenvalue weighted by Gasteiger charge is 2.51. The standard InChI is InChI=1S/C20H27N3O3/c1-13(19(24)22-17-4-2-3-5-18(17)23(25)26)21-12-20-9-14-6-15(10-20)8-16(7-14)11-20/h2-5,13-16,21H,6-12H2,1H3,(H,22,24)/p+1/t13-,14?,15?,16?,20?/m0/s1. The smallest absolute Gasteiger partial charge is 0.292 e. The maximum atomic E-state index is 12.5. The number of quaternary nitrogens is 1. The predicted molar refractivity (Wildman–Crippen MR) is 98.6 cm³/mol. The molecule has 3 N–H and O–H groups in total. The number of nitrogens with two attached hydrogens (primary N) is 1. The van der Waals surface area contributed by atoms with Gasteiger partial charge in [0.25, 0.3) is 11.6 Å². The van der Waals surface area contributed by atoms with Gasteiger partial charge in [-0.2, -0.15) is 0 Å². The number of nitro groups is 1. The van der Waals surface area contributed by atoms with Gasteiger partial charge in [0.15, 0.2) is 6.04 Å². The van der Waals surface area contributed by atoms with E-state index in [4.69, 9.17) is 0 Å². The number of rotatable bonds is 6. The molecule has 1 atom stereocenters. The van der Waals surface area contributed by atoms with Gasteiger partial charge in [0.05, 0.1) is 11.5 Å². The van der Waals surface area contributed by atoms with Crippen LogP contribution in [-0.4, -0.2) is 23.4 Å². The number of para-hydroxylation sites is 2. The van der Waals surface area contributed by atoms with Crippen LogP contribution in [0.3, 0.4) is 0 Å². The summed E-state index contributed by atoms with van der Waals surface area (Å²) < 4.78 is 0. The minimum absolute atomic E-state index is 0.0610. The van der Waals surface area contributed by atoms with Crippen LogP contribution in [0, 0.1) is 33.3 Å². The van der Waals surface area contributed by atoms with E-state index in [2.05, 4.69) is 10.6 Å². The fourth-order valence-corrected chi connectivity index (χ4v) is 6.06. The Labute approximate surface area is 153 Å². The van der Waals surface area contributed by atoms with Gasteiger partial charge in [0.1, 0.15) is 5.69 Å². The average molecular weight is 358 g/mol. The second-order valence-corrected chi connectivity index (χ2v) is 8.91.